The third-order valence-corrected chi connectivity index (χ3v) is 2.83. The second kappa shape index (κ2) is 5.89. The molecule has 0 spiro atoms. The van der Waals surface area contributed by atoms with Gasteiger partial charge in [0.15, 0.2) is 0 Å². The molecule has 4 nitrogen and oxygen atoms in total. The largest absolute Gasteiger partial charge is 0.480 e. The van der Waals surface area contributed by atoms with Crippen molar-refractivity contribution >= 4 is 35.1 Å². The molecule has 92 valence electrons. The first-order valence-electron chi connectivity index (χ1n) is 4.95. The Labute approximate surface area is 109 Å². The number of benzene rings is 1. The number of carboxylic acid groups (broad SMARTS) is 1. The number of carbonyl (C=O) groups excluding carboxylic acids is 1. The van der Waals surface area contributed by atoms with Gasteiger partial charge in [-0.25, -0.2) is 4.79 Å². The number of hydrogen-bond acceptors (Lipinski definition) is 2. The minimum Gasteiger partial charge on any atom is -0.480 e. The Morgan fingerprint density at radius 1 is 1.35 bits per heavy atom. The SMILES string of the molecule is CC[C@H](NC(=O)c1c(Cl)cccc1Cl)C(=O)O. The molecule has 1 rings (SSSR count). The molecule has 0 heterocycles. The molecule has 2 N–H and O–H groups in total. The zero-order valence-corrected chi connectivity index (χ0v) is 10.5. The number of carboxylic acids is 1. The zero-order valence-electron chi connectivity index (χ0n) is 9.04. The Morgan fingerprint density at radius 2 is 1.88 bits per heavy atom. The summed E-state index contributed by atoms with van der Waals surface area (Å²) in [5.41, 5.74) is 0.0931. The van der Waals surface area contributed by atoms with Crippen LogP contribution in [-0.2, 0) is 4.79 Å². The van der Waals surface area contributed by atoms with Crippen LogP contribution < -0.4 is 5.32 Å². The molecule has 1 atom stereocenters. The highest BCUT2D eigenvalue weighted by Crippen LogP contribution is 2.24. The van der Waals surface area contributed by atoms with Crippen molar-refractivity contribution in [3.63, 3.8) is 0 Å². The Morgan fingerprint density at radius 3 is 2.29 bits per heavy atom. The number of halogens is 2. The van der Waals surface area contributed by atoms with Gasteiger partial charge in [0.1, 0.15) is 6.04 Å². The van der Waals surface area contributed by atoms with Gasteiger partial charge in [0.25, 0.3) is 5.91 Å². The van der Waals surface area contributed by atoms with E-state index in [-0.39, 0.29) is 22.0 Å². The molecule has 0 aromatic heterocycles. The number of nitrogens with one attached hydrogen (secondary N) is 1. The summed E-state index contributed by atoms with van der Waals surface area (Å²) in [5.74, 6) is -1.68. The van der Waals surface area contributed by atoms with Crippen molar-refractivity contribution in [3.05, 3.63) is 33.8 Å². The van der Waals surface area contributed by atoms with E-state index in [4.69, 9.17) is 28.3 Å². The summed E-state index contributed by atoms with van der Waals surface area (Å²) in [6.45, 7) is 1.66. The summed E-state index contributed by atoms with van der Waals surface area (Å²) >= 11 is 11.7. The molecular formula is C11H11Cl2NO3. The van der Waals surface area contributed by atoms with Crippen LogP contribution in [0.2, 0.25) is 10.0 Å². The maximum atomic E-state index is 11.8. The Hall–Kier alpha value is -1.26. The lowest BCUT2D eigenvalue weighted by Crippen LogP contribution is -2.40. The molecule has 1 aromatic carbocycles. The highest BCUT2D eigenvalue weighted by atomic mass is 35.5. The normalized spacial score (nSPS) is 11.9. The molecular weight excluding hydrogens is 265 g/mol. The zero-order chi connectivity index (χ0) is 13.0. The highest BCUT2D eigenvalue weighted by Gasteiger charge is 2.21. The fourth-order valence-corrected chi connectivity index (χ4v) is 1.85. The first-order valence-corrected chi connectivity index (χ1v) is 5.70. The van der Waals surface area contributed by atoms with Crippen molar-refractivity contribution in [1.82, 2.24) is 5.32 Å². The molecule has 0 radical (unpaired) electrons. The van der Waals surface area contributed by atoms with Gasteiger partial charge in [0.2, 0.25) is 0 Å². The molecule has 0 aliphatic heterocycles. The van der Waals surface area contributed by atoms with Gasteiger partial charge in [0.05, 0.1) is 15.6 Å². The summed E-state index contributed by atoms with van der Waals surface area (Å²) < 4.78 is 0. The van der Waals surface area contributed by atoms with E-state index in [0.29, 0.717) is 0 Å². The van der Waals surface area contributed by atoms with E-state index in [0.717, 1.165) is 0 Å². The van der Waals surface area contributed by atoms with Crippen LogP contribution in [0, 0.1) is 0 Å². The van der Waals surface area contributed by atoms with E-state index >= 15 is 0 Å². The summed E-state index contributed by atoms with van der Waals surface area (Å²) in [6.07, 6.45) is 0.281. The molecule has 1 aromatic rings. The maximum absolute atomic E-state index is 11.8. The smallest absolute Gasteiger partial charge is 0.326 e. The van der Waals surface area contributed by atoms with Crippen LogP contribution in [0.3, 0.4) is 0 Å². The van der Waals surface area contributed by atoms with Gasteiger partial charge in [0, 0.05) is 0 Å². The predicted octanol–water partition coefficient (Wildman–Crippen LogP) is 2.59. The van der Waals surface area contributed by atoms with Crippen LogP contribution in [-0.4, -0.2) is 23.0 Å². The Balaban J connectivity index is 2.94. The Bertz CT molecular complexity index is 428. The molecule has 0 fully saturated rings. The van der Waals surface area contributed by atoms with Crippen LogP contribution in [0.15, 0.2) is 18.2 Å². The maximum Gasteiger partial charge on any atom is 0.326 e. The minimum atomic E-state index is -1.09. The highest BCUT2D eigenvalue weighted by molar-refractivity contribution is 6.39. The number of carbonyl (C=O) groups is 2. The molecule has 6 heteroatoms. The fourth-order valence-electron chi connectivity index (χ4n) is 1.28. The van der Waals surface area contributed by atoms with Crippen molar-refractivity contribution in [2.45, 2.75) is 19.4 Å². The van der Waals surface area contributed by atoms with Crippen molar-refractivity contribution in [2.24, 2.45) is 0 Å². The van der Waals surface area contributed by atoms with Crippen LogP contribution >= 0.6 is 23.2 Å². The van der Waals surface area contributed by atoms with Crippen molar-refractivity contribution in [2.75, 3.05) is 0 Å². The van der Waals surface area contributed by atoms with Crippen LogP contribution in [0.5, 0.6) is 0 Å². The van der Waals surface area contributed by atoms with Gasteiger partial charge < -0.3 is 10.4 Å². The molecule has 0 bridgehead atoms. The molecule has 0 saturated carbocycles. The topological polar surface area (TPSA) is 66.4 Å². The average Bonchev–Trinajstić information content (AvgIpc) is 2.25. The van der Waals surface area contributed by atoms with E-state index in [2.05, 4.69) is 5.32 Å². The van der Waals surface area contributed by atoms with Gasteiger partial charge in [-0.1, -0.05) is 36.2 Å². The number of aliphatic carboxylic acids is 1. The van der Waals surface area contributed by atoms with Gasteiger partial charge in [-0.3, -0.25) is 4.79 Å². The quantitative estimate of drug-likeness (QED) is 0.888. The summed E-state index contributed by atoms with van der Waals surface area (Å²) in [6, 6.07) is 3.69. The fraction of sp³-hybridized carbons (Fsp3) is 0.273. The predicted molar refractivity (Wildman–Crippen MR) is 65.6 cm³/mol. The van der Waals surface area contributed by atoms with Gasteiger partial charge >= 0.3 is 5.97 Å². The molecule has 0 aliphatic rings. The number of amides is 1. The van der Waals surface area contributed by atoms with E-state index in [1.165, 1.54) is 12.1 Å². The molecule has 17 heavy (non-hydrogen) atoms. The second-order valence-electron chi connectivity index (χ2n) is 3.37. The Kier molecular flexibility index (Phi) is 4.78. The lowest BCUT2D eigenvalue weighted by molar-refractivity contribution is -0.139. The second-order valence-corrected chi connectivity index (χ2v) is 4.18. The first-order chi connectivity index (χ1) is 7.97. The van der Waals surface area contributed by atoms with Crippen LogP contribution in [0.4, 0.5) is 0 Å². The lowest BCUT2D eigenvalue weighted by atomic mass is 10.1. The number of hydrogen-bond donors (Lipinski definition) is 2. The summed E-state index contributed by atoms with van der Waals surface area (Å²) in [7, 11) is 0. The van der Waals surface area contributed by atoms with Gasteiger partial charge in [-0.2, -0.15) is 0 Å². The van der Waals surface area contributed by atoms with Crippen molar-refractivity contribution in [1.29, 1.82) is 0 Å². The van der Waals surface area contributed by atoms with E-state index in [9.17, 15) is 9.59 Å². The summed E-state index contributed by atoms with van der Waals surface area (Å²) in [5, 5.41) is 11.6. The van der Waals surface area contributed by atoms with Gasteiger partial charge in [-0.15, -0.1) is 0 Å². The summed E-state index contributed by atoms with van der Waals surface area (Å²) in [4.78, 5) is 22.6. The molecule has 1 amide bonds. The minimum absolute atomic E-state index is 0.0931. The van der Waals surface area contributed by atoms with E-state index in [1.54, 1.807) is 13.0 Å². The monoisotopic (exact) mass is 275 g/mol. The van der Waals surface area contributed by atoms with E-state index < -0.39 is 17.9 Å². The molecule has 0 unspecified atom stereocenters. The average molecular weight is 276 g/mol. The third-order valence-electron chi connectivity index (χ3n) is 2.20. The molecule has 0 saturated heterocycles. The number of rotatable bonds is 4. The first kappa shape index (κ1) is 13.8. The molecule has 0 aliphatic carbocycles. The van der Waals surface area contributed by atoms with Crippen molar-refractivity contribution < 1.29 is 14.7 Å². The van der Waals surface area contributed by atoms with Crippen LogP contribution in [0.1, 0.15) is 23.7 Å². The van der Waals surface area contributed by atoms with Gasteiger partial charge in [-0.05, 0) is 18.6 Å². The lowest BCUT2D eigenvalue weighted by Gasteiger charge is -2.13. The van der Waals surface area contributed by atoms with E-state index in [1.807, 2.05) is 0 Å². The van der Waals surface area contributed by atoms with Crippen LogP contribution in [0.25, 0.3) is 0 Å². The standard InChI is InChI=1S/C11H11Cl2NO3/c1-2-8(11(16)17)14-10(15)9-6(12)4-3-5-7(9)13/h3-5,8H,2H2,1H3,(H,14,15)(H,16,17)/t8-/m0/s1. The third kappa shape index (κ3) is 3.35. The van der Waals surface area contributed by atoms with Crippen molar-refractivity contribution in [3.8, 4) is 0 Å².